The number of carbonyl (C=O) groups excluding carboxylic acids is 1. The van der Waals surface area contributed by atoms with Gasteiger partial charge in [-0.25, -0.2) is 4.79 Å². The maximum absolute atomic E-state index is 12.1. The van der Waals surface area contributed by atoms with E-state index in [0.29, 0.717) is 0 Å². The van der Waals surface area contributed by atoms with Crippen molar-refractivity contribution < 1.29 is 27.4 Å². The summed E-state index contributed by atoms with van der Waals surface area (Å²) in [6.07, 6.45) is -5.06. The summed E-state index contributed by atoms with van der Waals surface area (Å²) in [5.74, 6) is -2.48. The molecule has 0 fully saturated rings. The number of nitrogens with one attached hydrogen (secondary N) is 1. The van der Waals surface area contributed by atoms with E-state index in [4.69, 9.17) is 11.6 Å². The van der Waals surface area contributed by atoms with Crippen molar-refractivity contribution in [1.82, 2.24) is 4.98 Å². The van der Waals surface area contributed by atoms with Gasteiger partial charge < -0.3 is 9.47 Å². The minimum atomic E-state index is -5.06. The molecule has 0 aromatic carbocycles. The molecule has 100 valence electrons. The zero-order chi connectivity index (χ0) is 13.9. The predicted octanol–water partition coefficient (Wildman–Crippen LogP) is 1.80. The van der Waals surface area contributed by atoms with Gasteiger partial charge in [-0.2, -0.15) is 0 Å². The highest BCUT2D eigenvalue weighted by molar-refractivity contribution is 6.17. The average Bonchev–Trinajstić information content (AvgIpc) is 2.25. The molecular weight excluding hydrogens is 279 g/mol. The van der Waals surface area contributed by atoms with E-state index in [1.54, 1.807) is 4.98 Å². The van der Waals surface area contributed by atoms with E-state index in [2.05, 4.69) is 9.47 Å². The van der Waals surface area contributed by atoms with Crippen molar-refractivity contribution in [2.24, 2.45) is 0 Å². The van der Waals surface area contributed by atoms with Gasteiger partial charge in [0.05, 0.1) is 7.11 Å². The number of aromatic amines is 1. The Kier molecular flexibility index (Phi) is 4.23. The number of methoxy groups -OCH3 is 1. The quantitative estimate of drug-likeness (QED) is 0.679. The third-order valence-electron chi connectivity index (χ3n) is 1.84. The van der Waals surface area contributed by atoms with Gasteiger partial charge in [-0.15, -0.1) is 24.8 Å². The van der Waals surface area contributed by atoms with E-state index in [-0.39, 0.29) is 11.4 Å². The highest BCUT2D eigenvalue weighted by Gasteiger charge is 2.34. The number of pyridine rings is 1. The largest absolute Gasteiger partial charge is 0.574 e. The number of H-pyrrole nitrogens is 1. The number of ether oxygens (including phenoxy) is 2. The van der Waals surface area contributed by atoms with Gasteiger partial charge in [0.2, 0.25) is 5.88 Å². The van der Waals surface area contributed by atoms with Crippen molar-refractivity contribution in [1.29, 1.82) is 0 Å². The molecule has 1 N–H and O–H groups in total. The Labute approximate surface area is 103 Å². The van der Waals surface area contributed by atoms with Gasteiger partial charge in [0.15, 0.2) is 0 Å². The van der Waals surface area contributed by atoms with Crippen LogP contribution in [0.15, 0.2) is 10.9 Å². The summed E-state index contributed by atoms with van der Waals surface area (Å²) in [7, 11) is 0.975. The van der Waals surface area contributed by atoms with E-state index in [9.17, 15) is 22.8 Å². The van der Waals surface area contributed by atoms with Crippen LogP contribution in [-0.2, 0) is 10.6 Å². The molecule has 0 spiro atoms. The van der Waals surface area contributed by atoms with E-state index >= 15 is 0 Å². The zero-order valence-corrected chi connectivity index (χ0v) is 9.69. The number of rotatable bonds is 3. The Balaban J connectivity index is 3.42. The second-order valence-corrected chi connectivity index (χ2v) is 3.30. The van der Waals surface area contributed by atoms with Gasteiger partial charge in [0, 0.05) is 11.9 Å². The Morgan fingerprint density at radius 1 is 1.50 bits per heavy atom. The highest BCUT2D eigenvalue weighted by atomic mass is 35.5. The first-order chi connectivity index (χ1) is 8.28. The predicted molar refractivity (Wildman–Crippen MR) is 54.6 cm³/mol. The summed E-state index contributed by atoms with van der Waals surface area (Å²) in [6, 6.07) is 0.891. The molecule has 1 aromatic heterocycles. The van der Waals surface area contributed by atoms with Gasteiger partial charge in [0.1, 0.15) is 5.56 Å². The normalized spacial score (nSPS) is 11.2. The van der Waals surface area contributed by atoms with E-state index in [0.717, 1.165) is 13.2 Å². The fourth-order valence-electron chi connectivity index (χ4n) is 1.21. The third kappa shape index (κ3) is 3.39. The van der Waals surface area contributed by atoms with Gasteiger partial charge in [-0.05, 0) is 5.56 Å². The maximum Gasteiger partial charge on any atom is 0.574 e. The number of hydrogen-bond donors (Lipinski definition) is 1. The minimum Gasteiger partial charge on any atom is -0.465 e. The summed E-state index contributed by atoms with van der Waals surface area (Å²) in [4.78, 5) is 24.2. The minimum absolute atomic E-state index is 0.119. The molecule has 0 radical (unpaired) electrons. The molecule has 0 aliphatic rings. The monoisotopic (exact) mass is 285 g/mol. The molecule has 0 saturated carbocycles. The van der Waals surface area contributed by atoms with Gasteiger partial charge in [-0.3, -0.25) is 9.78 Å². The molecule has 0 aliphatic heterocycles. The number of hydrogen-bond acceptors (Lipinski definition) is 4. The zero-order valence-electron chi connectivity index (χ0n) is 8.93. The third-order valence-corrected chi connectivity index (χ3v) is 2.13. The molecule has 0 saturated heterocycles. The van der Waals surface area contributed by atoms with Gasteiger partial charge in [-0.1, -0.05) is 0 Å². The Bertz CT molecular complexity index is 512. The molecule has 0 atom stereocenters. The molecule has 0 amide bonds. The van der Waals surface area contributed by atoms with Crippen LogP contribution in [0.2, 0.25) is 0 Å². The molecule has 0 unspecified atom stereocenters. The first-order valence-corrected chi connectivity index (χ1v) is 4.98. The van der Waals surface area contributed by atoms with Crippen LogP contribution >= 0.6 is 11.6 Å². The Morgan fingerprint density at radius 2 is 2.11 bits per heavy atom. The van der Waals surface area contributed by atoms with E-state index < -0.39 is 29.3 Å². The SMILES string of the molecule is COC(=O)c1c(CCl)cc(=O)[nH]c1OC(F)(F)F. The molecule has 0 bridgehead atoms. The summed E-state index contributed by atoms with van der Waals surface area (Å²) < 4.78 is 44.3. The molecule has 5 nitrogen and oxygen atoms in total. The first kappa shape index (κ1) is 14.4. The molecule has 1 heterocycles. The highest BCUT2D eigenvalue weighted by Crippen LogP contribution is 2.26. The second-order valence-electron chi connectivity index (χ2n) is 3.04. The smallest absolute Gasteiger partial charge is 0.465 e. The standard InChI is InChI=1S/C9H7ClF3NO4/c1-17-8(16)6-4(3-10)2-5(15)14-7(6)18-9(11,12)13/h2H,3H2,1H3,(H,14,15). The maximum atomic E-state index is 12.1. The van der Waals surface area contributed by atoms with Crippen LogP contribution in [0.1, 0.15) is 15.9 Å². The summed E-state index contributed by atoms with van der Waals surface area (Å²) >= 11 is 5.45. The molecule has 1 rings (SSSR count). The van der Waals surface area contributed by atoms with E-state index in [1.807, 2.05) is 0 Å². The van der Waals surface area contributed by atoms with Crippen molar-refractivity contribution in [2.45, 2.75) is 12.2 Å². The summed E-state index contributed by atoms with van der Waals surface area (Å²) in [6.45, 7) is 0. The molecular formula is C9H7ClF3NO4. The fraction of sp³-hybridized carbons (Fsp3) is 0.333. The van der Waals surface area contributed by atoms with Gasteiger partial charge in [0.25, 0.3) is 5.56 Å². The number of halogens is 4. The molecule has 0 aliphatic carbocycles. The lowest BCUT2D eigenvalue weighted by molar-refractivity contribution is -0.276. The van der Waals surface area contributed by atoms with Crippen molar-refractivity contribution in [2.75, 3.05) is 7.11 Å². The van der Waals surface area contributed by atoms with Crippen molar-refractivity contribution in [3.05, 3.63) is 27.5 Å². The Hall–Kier alpha value is -1.70. The lowest BCUT2D eigenvalue weighted by Gasteiger charge is -2.13. The number of alkyl halides is 4. The van der Waals surface area contributed by atoms with Crippen LogP contribution < -0.4 is 10.3 Å². The average molecular weight is 286 g/mol. The van der Waals surface area contributed by atoms with Crippen LogP contribution in [0, 0.1) is 0 Å². The van der Waals surface area contributed by atoms with Crippen molar-refractivity contribution in [3.8, 4) is 5.88 Å². The van der Waals surface area contributed by atoms with Crippen LogP contribution in [0.5, 0.6) is 5.88 Å². The van der Waals surface area contributed by atoms with Crippen molar-refractivity contribution >= 4 is 17.6 Å². The molecule has 1 aromatic rings. The van der Waals surface area contributed by atoms with Crippen LogP contribution in [0.25, 0.3) is 0 Å². The number of carbonyl (C=O) groups is 1. The van der Waals surface area contributed by atoms with E-state index in [1.165, 1.54) is 0 Å². The van der Waals surface area contributed by atoms with Crippen molar-refractivity contribution in [3.63, 3.8) is 0 Å². The van der Waals surface area contributed by atoms with Crippen LogP contribution in [-0.4, -0.2) is 24.4 Å². The molecule has 9 heteroatoms. The number of aromatic nitrogens is 1. The van der Waals surface area contributed by atoms with Crippen LogP contribution in [0.4, 0.5) is 13.2 Å². The lowest BCUT2D eigenvalue weighted by Crippen LogP contribution is -2.24. The number of esters is 1. The Morgan fingerprint density at radius 3 is 2.56 bits per heavy atom. The van der Waals surface area contributed by atoms with Gasteiger partial charge >= 0.3 is 12.3 Å². The molecule has 18 heavy (non-hydrogen) atoms. The summed E-state index contributed by atoms with van der Waals surface area (Å²) in [5, 5.41) is 0. The van der Waals surface area contributed by atoms with Crippen LogP contribution in [0.3, 0.4) is 0 Å². The fourth-order valence-corrected chi connectivity index (χ4v) is 1.42. The second kappa shape index (κ2) is 5.30. The summed E-state index contributed by atoms with van der Waals surface area (Å²) in [5.41, 5.74) is -1.56. The first-order valence-electron chi connectivity index (χ1n) is 4.44. The lowest BCUT2D eigenvalue weighted by atomic mass is 10.1. The topological polar surface area (TPSA) is 68.4 Å².